The molecule has 0 aliphatic heterocycles. The molecule has 1 N–H and O–H groups in total. The molecule has 0 aliphatic rings. The van der Waals surface area contributed by atoms with E-state index < -0.39 is 34.3 Å². The number of methoxy groups -OCH3 is 1. The fraction of sp³-hybridized carbons (Fsp3) is 0.176. The van der Waals surface area contributed by atoms with Crippen molar-refractivity contribution in [3.05, 3.63) is 73.5 Å². The van der Waals surface area contributed by atoms with Crippen molar-refractivity contribution in [3.63, 3.8) is 0 Å². The molecule has 1 atom stereocenters. The minimum absolute atomic E-state index is 0.177. The summed E-state index contributed by atoms with van der Waals surface area (Å²) in [6, 6.07) is 7.25. The first-order valence-electron chi connectivity index (χ1n) is 7.33. The Bertz CT molecular complexity index is 870. The summed E-state index contributed by atoms with van der Waals surface area (Å²) >= 11 is 3.26. The van der Waals surface area contributed by atoms with Gasteiger partial charge in [-0.25, -0.2) is 9.18 Å². The summed E-state index contributed by atoms with van der Waals surface area (Å²) in [6.45, 7) is 1.24. The van der Waals surface area contributed by atoms with Crippen molar-refractivity contribution < 1.29 is 23.6 Å². The van der Waals surface area contributed by atoms with Gasteiger partial charge in [0.1, 0.15) is 5.82 Å². The maximum atomic E-state index is 13.9. The van der Waals surface area contributed by atoms with E-state index in [1.54, 1.807) is 24.3 Å². The Labute approximate surface area is 156 Å². The highest BCUT2D eigenvalue weighted by atomic mass is 79.9. The molecule has 26 heavy (non-hydrogen) atoms. The Morgan fingerprint density at radius 2 is 1.88 bits per heavy atom. The van der Waals surface area contributed by atoms with Gasteiger partial charge in [0.2, 0.25) is 0 Å². The van der Waals surface area contributed by atoms with E-state index in [1.807, 2.05) is 0 Å². The van der Waals surface area contributed by atoms with Crippen LogP contribution in [0.3, 0.4) is 0 Å². The molecule has 136 valence electrons. The smallest absolute Gasteiger partial charge is 0.333 e. The number of ether oxygens (including phenoxy) is 1. The summed E-state index contributed by atoms with van der Waals surface area (Å²) in [7, 11) is 1.16. The molecule has 2 aromatic carbocycles. The maximum Gasteiger partial charge on any atom is 0.333 e. The summed E-state index contributed by atoms with van der Waals surface area (Å²) in [6.07, 6.45) is 0. The lowest BCUT2D eigenvalue weighted by Crippen LogP contribution is -2.34. The number of nitrogens with one attached hydrogen (secondary N) is 1. The zero-order valence-electron chi connectivity index (χ0n) is 13.8. The lowest BCUT2D eigenvalue weighted by Gasteiger charge is -2.17. The zero-order valence-corrected chi connectivity index (χ0v) is 15.4. The van der Waals surface area contributed by atoms with Crippen LogP contribution in [0.2, 0.25) is 0 Å². The molecule has 9 heteroatoms. The highest BCUT2D eigenvalue weighted by Gasteiger charge is 2.26. The number of halogens is 2. The summed E-state index contributed by atoms with van der Waals surface area (Å²) in [5.41, 5.74) is -0.529. The zero-order chi connectivity index (χ0) is 19.4. The monoisotopic (exact) mass is 424 g/mol. The van der Waals surface area contributed by atoms with E-state index >= 15 is 0 Å². The Morgan fingerprint density at radius 3 is 2.42 bits per heavy atom. The first kappa shape index (κ1) is 19.5. The normalized spacial score (nSPS) is 11.5. The van der Waals surface area contributed by atoms with Crippen LogP contribution in [-0.2, 0) is 9.53 Å². The second-order valence-corrected chi connectivity index (χ2v) is 6.26. The molecule has 0 saturated carbocycles. The van der Waals surface area contributed by atoms with Crippen LogP contribution >= 0.6 is 15.9 Å². The average molecular weight is 425 g/mol. The van der Waals surface area contributed by atoms with Crippen LogP contribution in [0.5, 0.6) is 0 Å². The topological polar surface area (TPSA) is 98.5 Å². The molecule has 1 amide bonds. The molecule has 0 heterocycles. The first-order valence-corrected chi connectivity index (χ1v) is 8.12. The van der Waals surface area contributed by atoms with Crippen LogP contribution in [0.15, 0.2) is 40.9 Å². The molecule has 0 bridgehead atoms. The fourth-order valence-corrected chi connectivity index (χ4v) is 2.52. The van der Waals surface area contributed by atoms with Crippen LogP contribution in [-0.4, -0.2) is 23.9 Å². The van der Waals surface area contributed by atoms with Crippen molar-refractivity contribution in [2.45, 2.75) is 13.0 Å². The summed E-state index contributed by atoms with van der Waals surface area (Å²) in [5, 5.41) is 13.4. The van der Waals surface area contributed by atoms with Gasteiger partial charge in [0.15, 0.2) is 6.04 Å². The fourth-order valence-electron chi connectivity index (χ4n) is 2.25. The third kappa shape index (κ3) is 4.23. The number of hydrogen-bond acceptors (Lipinski definition) is 5. The minimum Gasteiger partial charge on any atom is -0.467 e. The van der Waals surface area contributed by atoms with Gasteiger partial charge in [-0.2, -0.15) is 0 Å². The molecule has 1 unspecified atom stereocenters. The molecular formula is C17H14BrFN2O5. The molecule has 2 rings (SSSR count). The van der Waals surface area contributed by atoms with Gasteiger partial charge in [0.25, 0.3) is 11.6 Å². The van der Waals surface area contributed by atoms with Gasteiger partial charge in [0, 0.05) is 16.1 Å². The number of amides is 1. The molecule has 0 aromatic heterocycles. The number of nitrogens with zero attached hydrogens (tertiary/aromatic N) is 1. The van der Waals surface area contributed by atoms with Crippen molar-refractivity contribution in [1.82, 2.24) is 5.32 Å². The second kappa shape index (κ2) is 8.05. The van der Waals surface area contributed by atoms with Gasteiger partial charge in [-0.1, -0.05) is 28.1 Å². The predicted molar refractivity (Wildman–Crippen MR) is 94.2 cm³/mol. The van der Waals surface area contributed by atoms with Crippen molar-refractivity contribution in [2.24, 2.45) is 0 Å². The van der Waals surface area contributed by atoms with Crippen LogP contribution in [0.25, 0.3) is 0 Å². The maximum absolute atomic E-state index is 13.9. The quantitative estimate of drug-likeness (QED) is 0.450. The summed E-state index contributed by atoms with van der Waals surface area (Å²) in [5.74, 6) is -2.46. The lowest BCUT2D eigenvalue weighted by atomic mass is 10.1. The Morgan fingerprint density at radius 1 is 1.27 bits per heavy atom. The van der Waals surface area contributed by atoms with Gasteiger partial charge >= 0.3 is 5.97 Å². The molecule has 0 spiro atoms. The Balaban J connectivity index is 2.37. The van der Waals surface area contributed by atoms with Crippen molar-refractivity contribution in [2.75, 3.05) is 7.11 Å². The number of hydrogen-bond donors (Lipinski definition) is 1. The number of nitro groups is 1. The van der Waals surface area contributed by atoms with Crippen LogP contribution < -0.4 is 5.32 Å². The minimum atomic E-state index is -1.15. The summed E-state index contributed by atoms with van der Waals surface area (Å²) < 4.78 is 19.4. The van der Waals surface area contributed by atoms with Crippen molar-refractivity contribution in [1.29, 1.82) is 0 Å². The van der Waals surface area contributed by atoms with Crippen molar-refractivity contribution in [3.8, 4) is 0 Å². The standard InChI is InChI=1S/C17H14BrFN2O5/c1-9-13(19)7-11(8-14(9)21(24)25)16(22)20-15(17(23)26-2)10-3-5-12(18)6-4-10/h3-8,15H,1-2H3,(H,20,22). The van der Waals surface area contributed by atoms with E-state index in [4.69, 9.17) is 4.74 Å². The third-order valence-electron chi connectivity index (χ3n) is 3.69. The van der Waals surface area contributed by atoms with Gasteiger partial charge in [-0.15, -0.1) is 0 Å². The molecule has 0 fully saturated rings. The first-order chi connectivity index (χ1) is 12.2. The Kier molecular flexibility index (Phi) is 6.04. The van der Waals surface area contributed by atoms with Crippen molar-refractivity contribution >= 4 is 33.5 Å². The highest BCUT2D eigenvalue weighted by molar-refractivity contribution is 9.10. The largest absolute Gasteiger partial charge is 0.467 e. The molecule has 0 saturated heterocycles. The number of rotatable bonds is 5. The van der Waals surface area contributed by atoms with Gasteiger partial charge in [-0.3, -0.25) is 14.9 Å². The van der Waals surface area contributed by atoms with Gasteiger partial charge < -0.3 is 10.1 Å². The number of benzene rings is 2. The highest BCUT2D eigenvalue weighted by Crippen LogP contribution is 2.24. The van der Waals surface area contributed by atoms with Crippen LogP contribution in [0.1, 0.15) is 27.5 Å². The number of carbonyl (C=O) groups excluding carboxylic acids is 2. The number of carbonyl (C=O) groups is 2. The predicted octanol–water partition coefficient (Wildman–Crippen LogP) is 3.45. The SMILES string of the molecule is COC(=O)C(NC(=O)c1cc(F)c(C)c([N+](=O)[O-])c1)c1ccc(Br)cc1. The number of esters is 1. The van der Waals surface area contributed by atoms with E-state index in [-0.39, 0.29) is 11.1 Å². The lowest BCUT2D eigenvalue weighted by molar-refractivity contribution is -0.385. The van der Waals surface area contributed by atoms with E-state index in [9.17, 15) is 24.1 Å². The molecule has 7 nitrogen and oxygen atoms in total. The molecule has 0 radical (unpaired) electrons. The average Bonchev–Trinajstić information content (AvgIpc) is 2.61. The van der Waals surface area contributed by atoms with Crippen LogP contribution in [0, 0.1) is 22.9 Å². The third-order valence-corrected chi connectivity index (χ3v) is 4.22. The van der Waals surface area contributed by atoms with Crippen LogP contribution in [0.4, 0.5) is 10.1 Å². The summed E-state index contributed by atoms with van der Waals surface area (Å²) in [4.78, 5) is 34.7. The molecular weight excluding hydrogens is 411 g/mol. The molecule has 0 aliphatic carbocycles. The molecule has 2 aromatic rings. The Hall–Kier alpha value is -2.81. The van der Waals surface area contributed by atoms with E-state index in [0.717, 1.165) is 23.7 Å². The second-order valence-electron chi connectivity index (χ2n) is 5.34. The van der Waals surface area contributed by atoms with E-state index in [1.165, 1.54) is 6.92 Å². The van der Waals surface area contributed by atoms with E-state index in [0.29, 0.717) is 5.56 Å². The van der Waals surface area contributed by atoms with Gasteiger partial charge in [-0.05, 0) is 30.7 Å². The number of nitro benzene ring substituents is 1. The van der Waals surface area contributed by atoms with E-state index in [2.05, 4.69) is 21.2 Å². The van der Waals surface area contributed by atoms with Gasteiger partial charge in [0.05, 0.1) is 17.6 Å².